The van der Waals surface area contributed by atoms with Gasteiger partial charge in [-0.2, -0.15) is 0 Å². The van der Waals surface area contributed by atoms with Crippen LogP contribution in [0.1, 0.15) is 60.8 Å². The van der Waals surface area contributed by atoms with Crippen molar-refractivity contribution in [2.45, 2.75) is 72.5 Å². The van der Waals surface area contributed by atoms with Crippen LogP contribution in [0, 0.1) is 16.7 Å². The van der Waals surface area contributed by atoms with Gasteiger partial charge in [0.1, 0.15) is 0 Å². The van der Waals surface area contributed by atoms with Gasteiger partial charge in [0.15, 0.2) is 0 Å². The molecule has 0 saturated heterocycles. The summed E-state index contributed by atoms with van der Waals surface area (Å²) in [5.41, 5.74) is 0.891. The van der Waals surface area contributed by atoms with Gasteiger partial charge in [-0.25, -0.2) is 0 Å². The highest BCUT2D eigenvalue weighted by Gasteiger charge is 2.62. The van der Waals surface area contributed by atoms with Gasteiger partial charge in [0.2, 0.25) is 0 Å². The molecule has 1 nitrogen and oxygen atoms in total. The molecule has 0 spiro atoms. The average Bonchev–Trinajstić information content (AvgIpc) is 2.34. The zero-order valence-corrected chi connectivity index (χ0v) is 11.2. The third-order valence-corrected chi connectivity index (χ3v) is 5.21. The van der Waals surface area contributed by atoms with Crippen molar-refractivity contribution in [3.8, 4) is 0 Å². The first kappa shape index (κ1) is 11.4. The molecule has 0 aromatic heterocycles. The third kappa shape index (κ3) is 1.54. The Labute approximate surface area is 94.6 Å². The topological polar surface area (TPSA) is 9.23 Å². The fourth-order valence-electron chi connectivity index (χ4n) is 3.74. The van der Waals surface area contributed by atoms with Crippen molar-refractivity contribution in [2.24, 2.45) is 16.7 Å². The molecule has 2 bridgehead atoms. The fraction of sp³-hybridized carbons (Fsp3) is 1.00. The maximum absolute atomic E-state index is 6.27. The minimum Gasteiger partial charge on any atom is -0.372 e. The molecule has 2 rings (SSSR count). The number of hydrogen-bond acceptors (Lipinski definition) is 1. The predicted octanol–water partition coefficient (Wildman–Crippen LogP) is 4.02. The van der Waals surface area contributed by atoms with Crippen molar-refractivity contribution in [1.29, 1.82) is 0 Å². The monoisotopic (exact) mass is 210 g/mol. The van der Waals surface area contributed by atoms with Crippen LogP contribution in [-0.4, -0.2) is 11.7 Å². The quantitative estimate of drug-likeness (QED) is 0.635. The molecule has 1 heteroatoms. The summed E-state index contributed by atoms with van der Waals surface area (Å²) in [5, 5.41) is 0. The lowest BCUT2D eigenvalue weighted by molar-refractivity contribution is -0.119. The largest absolute Gasteiger partial charge is 0.372 e. The van der Waals surface area contributed by atoms with Gasteiger partial charge in [0, 0.05) is 0 Å². The molecule has 15 heavy (non-hydrogen) atoms. The van der Waals surface area contributed by atoms with E-state index in [1.165, 1.54) is 19.3 Å². The van der Waals surface area contributed by atoms with Gasteiger partial charge in [-0.15, -0.1) is 0 Å². The fourth-order valence-corrected chi connectivity index (χ4v) is 3.74. The van der Waals surface area contributed by atoms with Crippen molar-refractivity contribution < 1.29 is 4.74 Å². The lowest BCUT2D eigenvalue weighted by Crippen LogP contribution is -2.41. The zero-order chi connectivity index (χ0) is 11.5. The number of hydrogen-bond donors (Lipinski definition) is 0. The summed E-state index contributed by atoms with van der Waals surface area (Å²) in [4.78, 5) is 0. The van der Waals surface area contributed by atoms with Gasteiger partial charge in [-0.3, -0.25) is 0 Å². The first-order chi connectivity index (χ1) is 6.67. The molecule has 88 valence electrons. The summed E-state index contributed by atoms with van der Waals surface area (Å²) in [6.45, 7) is 13.9. The standard InChI is InChI=1S/C14H26O/c1-12(2,3)15-11-9-10-7-8-14(11,6)13(10,4)5/h10-11H,7-9H2,1-6H3/t10-,11+,14+/m1/s1. The van der Waals surface area contributed by atoms with Crippen LogP contribution in [0.5, 0.6) is 0 Å². The second-order valence-electron chi connectivity index (χ2n) is 7.33. The van der Waals surface area contributed by atoms with E-state index in [9.17, 15) is 0 Å². The SMILES string of the molecule is CC(C)(C)O[C@H]1C[C@H]2CC[C@]1(C)C2(C)C. The third-order valence-electron chi connectivity index (χ3n) is 5.21. The highest BCUT2D eigenvalue weighted by atomic mass is 16.5. The summed E-state index contributed by atoms with van der Waals surface area (Å²) in [6, 6.07) is 0. The Morgan fingerprint density at radius 1 is 1.13 bits per heavy atom. The maximum Gasteiger partial charge on any atom is 0.0643 e. The molecule has 0 aromatic rings. The molecule has 0 aliphatic heterocycles. The van der Waals surface area contributed by atoms with E-state index < -0.39 is 0 Å². The maximum atomic E-state index is 6.27. The van der Waals surface area contributed by atoms with Crippen molar-refractivity contribution in [3.05, 3.63) is 0 Å². The Bertz CT molecular complexity index is 261. The molecule has 2 fully saturated rings. The van der Waals surface area contributed by atoms with Gasteiger partial charge < -0.3 is 4.74 Å². The van der Waals surface area contributed by atoms with E-state index in [1.807, 2.05) is 0 Å². The minimum atomic E-state index is 0.00817. The highest BCUT2D eigenvalue weighted by molar-refractivity contribution is 5.11. The van der Waals surface area contributed by atoms with E-state index in [-0.39, 0.29) is 5.60 Å². The highest BCUT2D eigenvalue weighted by Crippen LogP contribution is 2.66. The Morgan fingerprint density at radius 2 is 1.73 bits per heavy atom. The second kappa shape index (κ2) is 3.00. The van der Waals surface area contributed by atoms with E-state index >= 15 is 0 Å². The molecular formula is C14H26O. The van der Waals surface area contributed by atoms with E-state index in [2.05, 4.69) is 41.5 Å². The summed E-state index contributed by atoms with van der Waals surface area (Å²) in [7, 11) is 0. The molecule has 0 radical (unpaired) electrons. The first-order valence-corrected chi connectivity index (χ1v) is 6.35. The van der Waals surface area contributed by atoms with E-state index in [0.29, 0.717) is 16.9 Å². The van der Waals surface area contributed by atoms with Crippen LogP contribution in [0.15, 0.2) is 0 Å². The van der Waals surface area contributed by atoms with E-state index in [1.54, 1.807) is 0 Å². The van der Waals surface area contributed by atoms with Crippen LogP contribution in [-0.2, 0) is 4.74 Å². The Morgan fingerprint density at radius 3 is 2.07 bits per heavy atom. The Balaban J connectivity index is 2.19. The summed E-state index contributed by atoms with van der Waals surface area (Å²) in [5.74, 6) is 0.884. The second-order valence-corrected chi connectivity index (χ2v) is 7.33. The van der Waals surface area contributed by atoms with Crippen LogP contribution in [0.4, 0.5) is 0 Å². The first-order valence-electron chi connectivity index (χ1n) is 6.35. The minimum absolute atomic E-state index is 0.00817. The number of fused-ring (bicyclic) bond motifs is 2. The van der Waals surface area contributed by atoms with Crippen LogP contribution in [0.2, 0.25) is 0 Å². The average molecular weight is 210 g/mol. The van der Waals surface area contributed by atoms with E-state index in [0.717, 1.165) is 5.92 Å². The molecule has 0 unspecified atom stereocenters. The van der Waals surface area contributed by atoms with Crippen LogP contribution >= 0.6 is 0 Å². The van der Waals surface area contributed by atoms with Gasteiger partial charge in [0.05, 0.1) is 11.7 Å². The molecule has 0 N–H and O–H groups in total. The summed E-state index contributed by atoms with van der Waals surface area (Å²) in [6.07, 6.45) is 4.52. The van der Waals surface area contributed by atoms with Crippen molar-refractivity contribution in [1.82, 2.24) is 0 Å². The Kier molecular flexibility index (Phi) is 2.29. The van der Waals surface area contributed by atoms with Crippen molar-refractivity contribution >= 4 is 0 Å². The molecular weight excluding hydrogens is 184 g/mol. The lowest BCUT2D eigenvalue weighted by atomic mass is 9.70. The Hall–Kier alpha value is -0.0400. The molecule has 2 saturated carbocycles. The molecule has 0 aromatic carbocycles. The smallest absolute Gasteiger partial charge is 0.0643 e. The van der Waals surface area contributed by atoms with Gasteiger partial charge in [-0.1, -0.05) is 20.8 Å². The molecule has 2 aliphatic rings. The summed E-state index contributed by atoms with van der Waals surface area (Å²) >= 11 is 0. The molecule has 2 aliphatic carbocycles. The predicted molar refractivity (Wildman–Crippen MR) is 63.9 cm³/mol. The number of ether oxygens (including phenoxy) is 1. The van der Waals surface area contributed by atoms with Gasteiger partial charge in [0.25, 0.3) is 0 Å². The van der Waals surface area contributed by atoms with Crippen molar-refractivity contribution in [2.75, 3.05) is 0 Å². The zero-order valence-electron chi connectivity index (χ0n) is 11.2. The van der Waals surface area contributed by atoms with Crippen LogP contribution < -0.4 is 0 Å². The van der Waals surface area contributed by atoms with Crippen LogP contribution in [0.3, 0.4) is 0 Å². The van der Waals surface area contributed by atoms with Gasteiger partial charge in [-0.05, 0) is 56.8 Å². The van der Waals surface area contributed by atoms with Crippen molar-refractivity contribution in [3.63, 3.8) is 0 Å². The normalized spacial score (nSPS) is 43.6. The summed E-state index contributed by atoms with van der Waals surface area (Å²) < 4.78 is 6.27. The molecule has 0 amide bonds. The molecule has 0 heterocycles. The van der Waals surface area contributed by atoms with Crippen LogP contribution in [0.25, 0.3) is 0 Å². The lowest BCUT2D eigenvalue weighted by Gasteiger charge is -2.41. The van der Waals surface area contributed by atoms with Gasteiger partial charge >= 0.3 is 0 Å². The van der Waals surface area contributed by atoms with E-state index in [4.69, 9.17) is 4.74 Å². The molecule has 3 atom stereocenters. The number of rotatable bonds is 1.